The van der Waals surface area contributed by atoms with Crippen molar-refractivity contribution in [2.45, 2.75) is 33.2 Å². The van der Waals surface area contributed by atoms with Crippen molar-refractivity contribution < 1.29 is 4.79 Å². The normalized spacial score (nSPS) is 12.8. The number of aliphatic imine (C=N–C) groups is 1. The Morgan fingerprint density at radius 2 is 2.00 bits per heavy atom. The topological polar surface area (TPSA) is 87.2 Å². The van der Waals surface area contributed by atoms with E-state index in [0.717, 1.165) is 10.0 Å². The van der Waals surface area contributed by atoms with Crippen LogP contribution in [0.3, 0.4) is 0 Å². The second kappa shape index (κ2) is 8.90. The first-order chi connectivity index (χ1) is 12.7. The number of aromatic nitrogens is 2. The number of halogens is 1. The molecule has 0 aliphatic heterocycles. The number of nitrogens with zero attached hydrogens (tertiary/aromatic N) is 2. The standard InChI is InChI=1S/C20H23BrN4O2/c1-5-22-16(11-13(2)21)17-23-12-15(18(26)24-17)19(27)25-20(3,4)14-9-7-6-8-10-14/h6-12H,5H2,1-4H3,(H,25,27)(H,23,24,26)/b13-11+,22-16?. The van der Waals surface area contributed by atoms with Crippen LogP contribution >= 0.6 is 15.9 Å². The Morgan fingerprint density at radius 1 is 1.33 bits per heavy atom. The van der Waals surface area contributed by atoms with Crippen LogP contribution in [0, 0.1) is 0 Å². The third-order valence-corrected chi connectivity index (χ3v) is 4.10. The van der Waals surface area contributed by atoms with Crippen LogP contribution in [0.25, 0.3) is 0 Å². The molecule has 27 heavy (non-hydrogen) atoms. The summed E-state index contributed by atoms with van der Waals surface area (Å²) in [4.78, 5) is 36.3. The number of allylic oxidation sites excluding steroid dienone is 2. The van der Waals surface area contributed by atoms with Crippen molar-refractivity contribution in [2.24, 2.45) is 4.99 Å². The molecule has 0 spiro atoms. The predicted molar refractivity (Wildman–Crippen MR) is 112 cm³/mol. The lowest BCUT2D eigenvalue weighted by Crippen LogP contribution is -2.43. The van der Waals surface area contributed by atoms with Crippen LogP contribution in [-0.2, 0) is 5.54 Å². The highest BCUT2D eigenvalue weighted by Gasteiger charge is 2.25. The summed E-state index contributed by atoms with van der Waals surface area (Å²) >= 11 is 3.35. The van der Waals surface area contributed by atoms with Crippen LogP contribution in [0.1, 0.15) is 49.4 Å². The second-order valence-corrected chi connectivity index (χ2v) is 7.76. The number of carbonyl (C=O) groups is 1. The summed E-state index contributed by atoms with van der Waals surface area (Å²) in [5, 5.41) is 2.89. The molecule has 2 N–H and O–H groups in total. The molecule has 2 rings (SSSR count). The smallest absolute Gasteiger partial charge is 0.264 e. The lowest BCUT2D eigenvalue weighted by molar-refractivity contribution is 0.0910. The molecular formula is C20H23BrN4O2. The monoisotopic (exact) mass is 430 g/mol. The molecule has 0 radical (unpaired) electrons. The van der Waals surface area contributed by atoms with Gasteiger partial charge in [-0.25, -0.2) is 4.98 Å². The number of hydrogen-bond acceptors (Lipinski definition) is 4. The molecule has 1 aromatic carbocycles. The van der Waals surface area contributed by atoms with Gasteiger partial charge in [0.25, 0.3) is 11.5 Å². The number of aromatic amines is 1. The molecule has 0 saturated heterocycles. The molecule has 1 aromatic heterocycles. The molecule has 0 aliphatic rings. The Morgan fingerprint density at radius 3 is 2.56 bits per heavy atom. The summed E-state index contributed by atoms with van der Waals surface area (Å²) in [7, 11) is 0. The Kier molecular flexibility index (Phi) is 6.85. The third kappa shape index (κ3) is 5.47. The van der Waals surface area contributed by atoms with Crippen molar-refractivity contribution >= 4 is 27.5 Å². The lowest BCUT2D eigenvalue weighted by Gasteiger charge is -2.26. The van der Waals surface area contributed by atoms with E-state index in [2.05, 4.69) is 36.2 Å². The highest BCUT2D eigenvalue weighted by Crippen LogP contribution is 2.19. The van der Waals surface area contributed by atoms with Crippen molar-refractivity contribution in [3.63, 3.8) is 0 Å². The van der Waals surface area contributed by atoms with Crippen molar-refractivity contribution in [1.82, 2.24) is 15.3 Å². The molecular weight excluding hydrogens is 408 g/mol. The molecule has 6 nitrogen and oxygen atoms in total. The van der Waals surface area contributed by atoms with Crippen LogP contribution in [0.2, 0.25) is 0 Å². The fraction of sp³-hybridized carbons (Fsp3) is 0.300. The summed E-state index contributed by atoms with van der Waals surface area (Å²) in [5.41, 5.74) is 0.299. The van der Waals surface area contributed by atoms with Gasteiger partial charge in [-0.05, 0) is 43.8 Å². The summed E-state index contributed by atoms with van der Waals surface area (Å²) in [5.74, 6) is -0.162. The number of carbonyl (C=O) groups excluding carboxylic acids is 1. The van der Waals surface area contributed by atoms with Crippen LogP contribution < -0.4 is 10.9 Å². The average Bonchev–Trinajstić information content (AvgIpc) is 2.61. The minimum Gasteiger partial charge on any atom is -0.343 e. The zero-order valence-corrected chi connectivity index (χ0v) is 17.4. The zero-order chi connectivity index (χ0) is 20.0. The maximum atomic E-state index is 12.6. The fourth-order valence-corrected chi connectivity index (χ4v) is 2.73. The van der Waals surface area contributed by atoms with E-state index in [0.29, 0.717) is 18.1 Å². The van der Waals surface area contributed by atoms with Gasteiger partial charge in [-0.15, -0.1) is 0 Å². The summed E-state index contributed by atoms with van der Waals surface area (Å²) in [6, 6.07) is 9.57. The quantitative estimate of drug-likeness (QED) is 0.686. The molecule has 142 valence electrons. The zero-order valence-electron chi connectivity index (χ0n) is 15.8. The average molecular weight is 431 g/mol. The molecule has 0 unspecified atom stereocenters. The molecule has 7 heteroatoms. The number of benzene rings is 1. The molecule has 1 amide bonds. The largest absolute Gasteiger partial charge is 0.343 e. The second-order valence-electron chi connectivity index (χ2n) is 6.51. The van der Waals surface area contributed by atoms with E-state index in [4.69, 9.17) is 0 Å². The van der Waals surface area contributed by atoms with Gasteiger partial charge >= 0.3 is 0 Å². The number of nitrogens with one attached hydrogen (secondary N) is 2. The SMILES string of the molecule is CCN=C(/C=C(\C)Br)c1ncc(C(=O)NC(C)(C)c2ccccc2)c(=O)[nH]1. The van der Waals surface area contributed by atoms with Gasteiger partial charge in [0.15, 0.2) is 5.82 Å². The first-order valence-electron chi connectivity index (χ1n) is 8.60. The van der Waals surface area contributed by atoms with Crippen molar-refractivity contribution in [3.05, 3.63) is 74.4 Å². The fourth-order valence-electron chi connectivity index (χ4n) is 2.51. The highest BCUT2D eigenvalue weighted by atomic mass is 79.9. The van der Waals surface area contributed by atoms with Gasteiger partial charge in [0.05, 0.1) is 5.54 Å². The van der Waals surface area contributed by atoms with E-state index in [1.54, 1.807) is 6.08 Å². The number of rotatable bonds is 6. The van der Waals surface area contributed by atoms with E-state index >= 15 is 0 Å². The first-order valence-corrected chi connectivity index (χ1v) is 9.40. The van der Waals surface area contributed by atoms with Gasteiger partial charge in [-0.2, -0.15) is 0 Å². The molecule has 0 atom stereocenters. The van der Waals surface area contributed by atoms with E-state index < -0.39 is 17.0 Å². The van der Waals surface area contributed by atoms with E-state index in [-0.39, 0.29) is 5.56 Å². The van der Waals surface area contributed by atoms with Gasteiger partial charge < -0.3 is 10.3 Å². The van der Waals surface area contributed by atoms with Crippen LogP contribution in [0.15, 0.2) is 56.9 Å². The van der Waals surface area contributed by atoms with Gasteiger partial charge in [0.2, 0.25) is 0 Å². The lowest BCUT2D eigenvalue weighted by atomic mass is 9.94. The van der Waals surface area contributed by atoms with Gasteiger partial charge in [0.1, 0.15) is 11.3 Å². The van der Waals surface area contributed by atoms with E-state index in [1.165, 1.54) is 6.20 Å². The first kappa shape index (κ1) is 20.8. The molecule has 0 aliphatic carbocycles. The molecule has 0 bridgehead atoms. The van der Waals surface area contributed by atoms with Crippen LogP contribution in [0.5, 0.6) is 0 Å². The van der Waals surface area contributed by atoms with Crippen LogP contribution in [-0.4, -0.2) is 28.1 Å². The molecule has 0 saturated carbocycles. The van der Waals surface area contributed by atoms with E-state index in [9.17, 15) is 9.59 Å². The summed E-state index contributed by atoms with van der Waals surface area (Å²) in [6.45, 7) is 8.06. The summed E-state index contributed by atoms with van der Waals surface area (Å²) in [6.07, 6.45) is 3.05. The maximum absolute atomic E-state index is 12.6. The van der Waals surface area contributed by atoms with E-state index in [1.807, 2.05) is 58.0 Å². The number of hydrogen-bond donors (Lipinski definition) is 2. The Hall–Kier alpha value is -2.54. The predicted octanol–water partition coefficient (Wildman–Crippen LogP) is 3.54. The summed E-state index contributed by atoms with van der Waals surface area (Å²) < 4.78 is 0.851. The van der Waals surface area contributed by atoms with Crippen LogP contribution in [0.4, 0.5) is 0 Å². The Balaban J connectivity index is 2.30. The van der Waals surface area contributed by atoms with Crippen molar-refractivity contribution in [2.75, 3.05) is 6.54 Å². The minimum atomic E-state index is -0.631. The van der Waals surface area contributed by atoms with Crippen molar-refractivity contribution in [1.29, 1.82) is 0 Å². The highest BCUT2D eigenvalue weighted by molar-refractivity contribution is 9.11. The minimum absolute atomic E-state index is 0.0434. The Bertz CT molecular complexity index is 926. The maximum Gasteiger partial charge on any atom is 0.264 e. The van der Waals surface area contributed by atoms with Gasteiger partial charge in [-0.3, -0.25) is 14.6 Å². The van der Waals surface area contributed by atoms with Gasteiger partial charge in [-0.1, -0.05) is 46.3 Å². The Labute approximate surface area is 167 Å². The van der Waals surface area contributed by atoms with Gasteiger partial charge in [0, 0.05) is 12.7 Å². The number of amides is 1. The molecule has 1 heterocycles. The molecule has 2 aromatic rings. The third-order valence-electron chi connectivity index (χ3n) is 3.87. The number of H-pyrrole nitrogens is 1. The van der Waals surface area contributed by atoms with Crippen molar-refractivity contribution in [3.8, 4) is 0 Å². The molecule has 0 fully saturated rings.